The largest absolute Gasteiger partial charge is 0.261 e. The molecule has 8 heterocycles. The van der Waals surface area contributed by atoms with Crippen molar-refractivity contribution in [2.75, 3.05) is 0 Å². The van der Waals surface area contributed by atoms with Gasteiger partial charge in [0.2, 0.25) is 0 Å². The van der Waals surface area contributed by atoms with E-state index in [1.807, 2.05) is 245 Å². The third kappa shape index (κ3) is 59.7. The Labute approximate surface area is 481 Å². The van der Waals surface area contributed by atoms with Gasteiger partial charge in [0.05, 0.1) is 34.2 Å². The molecule has 0 amide bonds. The number of rotatable bonds is 0. The van der Waals surface area contributed by atoms with Crippen LogP contribution in [-0.2, 0) is 0 Å². The third-order valence-corrected chi connectivity index (χ3v) is 7.35. The Morgan fingerprint density at radius 3 is 0.684 bits per heavy atom. The lowest BCUT2D eigenvalue weighted by Gasteiger charge is -1.94. The van der Waals surface area contributed by atoms with Crippen LogP contribution in [0.3, 0.4) is 0 Å². The molecule has 0 saturated carbocycles. The van der Waals surface area contributed by atoms with E-state index < -0.39 is 0 Å². The number of hydrogen-bond donors (Lipinski definition) is 0. The summed E-state index contributed by atoms with van der Waals surface area (Å²) in [5.41, 5.74) is 11.0. The van der Waals surface area contributed by atoms with Crippen LogP contribution in [0.25, 0.3) is 0 Å². The van der Waals surface area contributed by atoms with E-state index in [0.717, 1.165) is 97.4 Å². The summed E-state index contributed by atoms with van der Waals surface area (Å²) in [7, 11) is 0. The topological polar surface area (TPSA) is 219 Å². The number of hydrogen-bond acceptors (Lipinski definition) is 17. The summed E-state index contributed by atoms with van der Waals surface area (Å²) in [5.74, 6) is 4.88. The number of nitrogens with zero attached hydrogens (tertiary/aromatic N) is 17. The zero-order valence-corrected chi connectivity index (χ0v) is 55.2. The molecule has 440 valence electrons. The molecule has 17 heteroatoms. The first-order chi connectivity index (χ1) is 37.7. The molecule has 8 aromatic rings. The van der Waals surface area contributed by atoms with Crippen LogP contribution in [0.5, 0.6) is 0 Å². The summed E-state index contributed by atoms with van der Waals surface area (Å²) in [4.78, 5) is 67.9. The van der Waals surface area contributed by atoms with Crippen molar-refractivity contribution in [2.45, 2.75) is 215 Å². The first kappa shape index (κ1) is 85.5. The van der Waals surface area contributed by atoms with E-state index in [1.54, 1.807) is 55.9 Å². The van der Waals surface area contributed by atoms with Gasteiger partial charge in [-0.25, -0.2) is 54.8 Å². The second kappa shape index (κ2) is 61.4. The minimum absolute atomic E-state index is 0.792. The minimum Gasteiger partial charge on any atom is -0.261 e. The van der Waals surface area contributed by atoms with Gasteiger partial charge in [-0.1, -0.05) is 96.9 Å². The maximum atomic E-state index is 4.11. The first-order valence-corrected chi connectivity index (χ1v) is 27.6. The average Bonchev–Trinajstić information content (AvgIpc) is 3.43. The van der Waals surface area contributed by atoms with Crippen molar-refractivity contribution in [3.8, 4) is 0 Å². The van der Waals surface area contributed by atoms with Gasteiger partial charge in [0.25, 0.3) is 0 Å². The maximum absolute atomic E-state index is 4.11. The standard InChI is InChI=1S/C6H9N3.7C6H8N2.7C2H6/c1-4-7-5(2)9-6(3)8-4;2*1-5-3-8-6(2)4-7-5;1-5-3-7-4-6(2)8-5;1-5-3-6(2)8-4-7-5;1-5-3-7-6(2)8-4-5;2*1-5-3-4-7-6(2)8-5;7*1-2/h1-3H3;7*3-4H,1-2H3;7*1-2H3. The molecule has 0 aliphatic rings. The Morgan fingerprint density at radius 2 is 0.506 bits per heavy atom. The predicted molar refractivity (Wildman–Crippen MR) is 334 cm³/mol. The molecule has 0 aliphatic carbocycles. The highest BCUT2D eigenvalue weighted by atomic mass is 15.0. The summed E-state index contributed by atoms with van der Waals surface area (Å²) in [6.45, 7) is 60.6. The molecule has 8 aromatic heterocycles. The van der Waals surface area contributed by atoms with Gasteiger partial charge in [0.1, 0.15) is 41.3 Å². The van der Waals surface area contributed by atoms with Crippen molar-refractivity contribution in [3.63, 3.8) is 0 Å². The average molecular weight is 1090 g/mol. The zero-order chi connectivity index (χ0) is 62.7. The van der Waals surface area contributed by atoms with Crippen molar-refractivity contribution in [2.24, 2.45) is 0 Å². The van der Waals surface area contributed by atoms with Crippen LogP contribution in [0, 0.1) is 118 Å². The summed E-state index contributed by atoms with van der Waals surface area (Å²) in [6.07, 6.45) is 19.2. The minimum atomic E-state index is 0.792. The van der Waals surface area contributed by atoms with Gasteiger partial charge >= 0.3 is 0 Å². The molecule has 0 radical (unpaired) electrons. The second-order valence-electron chi connectivity index (χ2n) is 14.5. The summed E-state index contributed by atoms with van der Waals surface area (Å²) >= 11 is 0. The van der Waals surface area contributed by atoms with E-state index in [9.17, 15) is 0 Å². The molecular formula is C62H107N17. The van der Waals surface area contributed by atoms with Crippen LogP contribution < -0.4 is 0 Å². The van der Waals surface area contributed by atoms with Crippen molar-refractivity contribution in [3.05, 3.63) is 184 Å². The monoisotopic (exact) mass is 1090 g/mol. The van der Waals surface area contributed by atoms with Gasteiger partial charge in [-0.15, -0.1) is 0 Å². The Hall–Kier alpha value is -7.43. The Balaban J connectivity index is -0.000000145. The molecule has 0 spiro atoms. The van der Waals surface area contributed by atoms with Crippen LogP contribution >= 0.6 is 0 Å². The molecule has 0 aromatic carbocycles. The zero-order valence-electron chi connectivity index (χ0n) is 55.2. The SMILES string of the molecule is CC.CC.CC.CC.CC.CC.CC.Cc1cc(C)ncn1.Cc1ccnc(C)n1.Cc1ccnc(C)n1.Cc1cnc(C)cn1.Cc1cnc(C)cn1.Cc1cnc(C)nc1.Cc1cncc(C)n1.Cc1nc(C)nc(C)n1. The van der Waals surface area contributed by atoms with E-state index in [0.29, 0.717) is 0 Å². The van der Waals surface area contributed by atoms with E-state index >= 15 is 0 Å². The highest BCUT2D eigenvalue weighted by molar-refractivity contribution is 5.04. The predicted octanol–water partition coefficient (Wildman–Crippen LogP) is 15.6. The summed E-state index contributed by atoms with van der Waals surface area (Å²) in [6, 6.07) is 5.71. The lowest BCUT2D eigenvalue weighted by molar-refractivity contribution is 0.875. The summed E-state index contributed by atoms with van der Waals surface area (Å²) < 4.78 is 0. The van der Waals surface area contributed by atoms with Crippen molar-refractivity contribution in [1.82, 2.24) is 84.7 Å². The van der Waals surface area contributed by atoms with E-state index in [2.05, 4.69) is 84.7 Å². The fourth-order valence-electron chi connectivity index (χ4n) is 4.47. The van der Waals surface area contributed by atoms with Crippen LogP contribution in [-0.4, -0.2) is 84.7 Å². The van der Waals surface area contributed by atoms with E-state index in [1.165, 1.54) is 0 Å². The maximum Gasteiger partial charge on any atom is 0.129 e. The highest BCUT2D eigenvalue weighted by Gasteiger charge is 1.92. The lowest BCUT2D eigenvalue weighted by atomic mass is 10.4. The molecule has 8 rings (SSSR count). The van der Waals surface area contributed by atoms with Crippen LogP contribution in [0.2, 0.25) is 0 Å². The Bertz CT molecular complexity index is 2060. The van der Waals surface area contributed by atoms with Gasteiger partial charge in [0.15, 0.2) is 0 Å². The van der Waals surface area contributed by atoms with Crippen LogP contribution in [0.15, 0.2) is 86.5 Å². The van der Waals surface area contributed by atoms with Gasteiger partial charge in [-0.3, -0.25) is 29.9 Å². The van der Waals surface area contributed by atoms with Crippen molar-refractivity contribution < 1.29 is 0 Å². The van der Waals surface area contributed by atoms with E-state index in [-0.39, 0.29) is 0 Å². The summed E-state index contributed by atoms with van der Waals surface area (Å²) in [5, 5.41) is 0. The Kier molecular flexibility index (Phi) is 66.5. The smallest absolute Gasteiger partial charge is 0.129 e. The molecule has 0 aliphatic heterocycles. The molecule has 79 heavy (non-hydrogen) atoms. The van der Waals surface area contributed by atoms with Crippen molar-refractivity contribution in [1.29, 1.82) is 0 Å². The molecular weight excluding hydrogens is 983 g/mol. The fourth-order valence-corrected chi connectivity index (χ4v) is 4.47. The van der Waals surface area contributed by atoms with Gasteiger partial charge in [-0.2, -0.15) is 0 Å². The first-order valence-electron chi connectivity index (χ1n) is 27.6. The van der Waals surface area contributed by atoms with Crippen molar-refractivity contribution >= 4 is 0 Å². The molecule has 17 nitrogen and oxygen atoms in total. The molecule has 0 N–H and O–H groups in total. The quantitative estimate of drug-likeness (QED) is 0.138. The normalized spacial score (nSPS) is 8.19. The lowest BCUT2D eigenvalue weighted by Crippen LogP contribution is -1.97. The highest BCUT2D eigenvalue weighted by Crippen LogP contribution is 1.95. The number of aryl methyl sites for hydroxylation is 17. The fraction of sp³-hybridized carbons (Fsp3) is 0.500. The van der Waals surface area contributed by atoms with Gasteiger partial charge < -0.3 is 0 Å². The van der Waals surface area contributed by atoms with E-state index in [4.69, 9.17) is 0 Å². The molecule has 0 fully saturated rings. The van der Waals surface area contributed by atoms with Gasteiger partial charge in [-0.05, 0) is 141 Å². The second-order valence-corrected chi connectivity index (χ2v) is 14.5. The van der Waals surface area contributed by atoms with Crippen LogP contribution in [0.1, 0.15) is 194 Å². The third-order valence-electron chi connectivity index (χ3n) is 7.35. The molecule has 0 unspecified atom stereocenters. The molecule has 0 bridgehead atoms. The molecule has 0 atom stereocenters. The number of aromatic nitrogens is 17. The Morgan fingerprint density at radius 1 is 0.215 bits per heavy atom. The van der Waals surface area contributed by atoms with Crippen LogP contribution in [0.4, 0.5) is 0 Å². The molecule has 0 saturated heterocycles. The van der Waals surface area contributed by atoms with Gasteiger partial charge in [0, 0.05) is 84.7 Å².